The molecule has 1 rings (SSSR count). The molecule has 0 fully saturated rings. The summed E-state index contributed by atoms with van der Waals surface area (Å²) in [6, 6.07) is 4.11. The van der Waals surface area contributed by atoms with Gasteiger partial charge in [-0.25, -0.2) is 0 Å². The first-order valence-corrected chi connectivity index (χ1v) is 6.27. The number of Topliss-reactive ketones (excluding diaryl/α,β-unsaturated/α-hetero) is 1. The standard InChI is InChI=1S/C10H14O2S2.2CH4/c1-8(11)6-9(12-2)7-14-10-4-3-5-13-10;;/h3-5,9H,6-7H2,1-2H3;2*1H4. The molecule has 0 amide bonds. The van der Waals surface area contributed by atoms with Crippen molar-refractivity contribution in [3.63, 3.8) is 0 Å². The Bertz CT molecular complexity index is 271. The Balaban J connectivity index is 0. The molecule has 0 bridgehead atoms. The Hall–Kier alpha value is -0.320. The van der Waals surface area contributed by atoms with Gasteiger partial charge in [0.25, 0.3) is 0 Å². The summed E-state index contributed by atoms with van der Waals surface area (Å²) in [6.07, 6.45) is 0.550. The molecule has 1 aromatic rings. The third-order valence-electron chi connectivity index (χ3n) is 1.76. The van der Waals surface area contributed by atoms with Crippen molar-refractivity contribution in [2.75, 3.05) is 12.9 Å². The van der Waals surface area contributed by atoms with E-state index in [0.29, 0.717) is 6.42 Å². The lowest BCUT2D eigenvalue weighted by atomic mass is 10.2. The molecule has 0 saturated carbocycles. The molecular weight excluding hydrogens is 240 g/mol. The van der Waals surface area contributed by atoms with Gasteiger partial charge in [0, 0.05) is 19.3 Å². The van der Waals surface area contributed by atoms with Crippen LogP contribution in [0.25, 0.3) is 0 Å². The van der Waals surface area contributed by atoms with Crippen LogP contribution >= 0.6 is 23.1 Å². The highest BCUT2D eigenvalue weighted by Crippen LogP contribution is 2.25. The van der Waals surface area contributed by atoms with Gasteiger partial charge in [0.2, 0.25) is 0 Å². The molecule has 1 unspecified atom stereocenters. The van der Waals surface area contributed by atoms with E-state index >= 15 is 0 Å². The van der Waals surface area contributed by atoms with Crippen LogP contribution in [0.5, 0.6) is 0 Å². The minimum absolute atomic E-state index is 0. The maximum absolute atomic E-state index is 10.9. The molecule has 0 aliphatic rings. The summed E-state index contributed by atoms with van der Waals surface area (Å²) >= 11 is 3.46. The summed E-state index contributed by atoms with van der Waals surface area (Å²) in [5.41, 5.74) is 0. The van der Waals surface area contributed by atoms with E-state index in [1.807, 2.05) is 6.07 Å². The zero-order valence-corrected chi connectivity index (χ0v) is 9.99. The van der Waals surface area contributed by atoms with E-state index in [-0.39, 0.29) is 26.7 Å². The minimum Gasteiger partial charge on any atom is -0.380 e. The molecule has 0 aromatic carbocycles. The van der Waals surface area contributed by atoms with Crippen LogP contribution < -0.4 is 0 Å². The molecular formula is C12H22O2S2. The molecule has 0 aliphatic carbocycles. The predicted molar refractivity (Wildman–Crippen MR) is 74.6 cm³/mol. The number of ether oxygens (including phenoxy) is 1. The van der Waals surface area contributed by atoms with Gasteiger partial charge in [0.05, 0.1) is 10.3 Å². The maximum atomic E-state index is 10.9. The van der Waals surface area contributed by atoms with E-state index in [0.717, 1.165) is 5.75 Å². The number of rotatable bonds is 6. The molecule has 0 aliphatic heterocycles. The van der Waals surface area contributed by atoms with Crippen molar-refractivity contribution in [2.24, 2.45) is 0 Å². The maximum Gasteiger partial charge on any atom is 0.132 e. The highest BCUT2D eigenvalue weighted by molar-refractivity contribution is 8.01. The summed E-state index contributed by atoms with van der Waals surface area (Å²) in [5.74, 6) is 1.03. The number of methoxy groups -OCH3 is 1. The van der Waals surface area contributed by atoms with Gasteiger partial charge in [-0.2, -0.15) is 0 Å². The third kappa shape index (κ3) is 7.04. The first kappa shape index (κ1) is 18.1. The van der Waals surface area contributed by atoms with E-state index in [4.69, 9.17) is 4.74 Å². The zero-order chi connectivity index (χ0) is 10.4. The van der Waals surface area contributed by atoms with Crippen LogP contribution in [0.15, 0.2) is 21.7 Å². The second kappa shape index (κ2) is 9.87. The van der Waals surface area contributed by atoms with Gasteiger partial charge < -0.3 is 4.74 Å². The Morgan fingerprint density at radius 1 is 1.56 bits per heavy atom. The summed E-state index contributed by atoms with van der Waals surface area (Å²) < 4.78 is 6.50. The molecule has 0 N–H and O–H groups in total. The van der Waals surface area contributed by atoms with E-state index in [9.17, 15) is 4.79 Å². The summed E-state index contributed by atoms with van der Waals surface area (Å²) in [5, 5.41) is 2.05. The van der Waals surface area contributed by atoms with E-state index in [1.165, 1.54) is 4.21 Å². The zero-order valence-electron chi connectivity index (χ0n) is 8.36. The summed E-state index contributed by atoms with van der Waals surface area (Å²) in [4.78, 5) is 10.9. The number of carbonyl (C=O) groups is 1. The number of thioether (sulfide) groups is 1. The fourth-order valence-electron chi connectivity index (χ4n) is 1.05. The number of hydrogen-bond donors (Lipinski definition) is 0. The second-order valence-corrected chi connectivity index (χ2v) is 5.27. The fraction of sp³-hybridized carbons (Fsp3) is 0.583. The Kier molecular flexibility index (Phi) is 11.1. The van der Waals surface area contributed by atoms with Gasteiger partial charge in [-0.05, 0) is 18.4 Å². The average molecular weight is 262 g/mol. The van der Waals surface area contributed by atoms with Crippen LogP contribution in [-0.4, -0.2) is 24.7 Å². The Morgan fingerprint density at radius 2 is 2.25 bits per heavy atom. The number of ketones is 1. The topological polar surface area (TPSA) is 26.3 Å². The lowest BCUT2D eigenvalue weighted by molar-refractivity contribution is -0.119. The SMILES string of the molecule is C.C.COC(CSc1cccs1)CC(C)=O. The molecule has 2 nitrogen and oxygen atoms in total. The number of carbonyl (C=O) groups excluding carboxylic acids is 1. The van der Waals surface area contributed by atoms with Gasteiger partial charge >= 0.3 is 0 Å². The summed E-state index contributed by atoms with van der Waals surface area (Å²) in [7, 11) is 1.66. The van der Waals surface area contributed by atoms with Crippen LogP contribution in [0.1, 0.15) is 28.2 Å². The van der Waals surface area contributed by atoms with Gasteiger partial charge in [0.15, 0.2) is 0 Å². The molecule has 0 saturated heterocycles. The molecule has 16 heavy (non-hydrogen) atoms. The van der Waals surface area contributed by atoms with Crippen LogP contribution in [0.4, 0.5) is 0 Å². The number of hydrogen-bond acceptors (Lipinski definition) is 4. The van der Waals surface area contributed by atoms with E-state index in [2.05, 4.69) is 11.4 Å². The van der Waals surface area contributed by atoms with Gasteiger partial charge in [-0.1, -0.05) is 20.9 Å². The third-order valence-corrected chi connectivity index (χ3v) is 4.02. The van der Waals surface area contributed by atoms with Crippen LogP contribution in [-0.2, 0) is 9.53 Å². The molecule has 0 spiro atoms. The molecule has 0 radical (unpaired) electrons. The average Bonchev–Trinajstić information content (AvgIpc) is 2.64. The predicted octanol–water partition coefficient (Wildman–Crippen LogP) is 4.11. The van der Waals surface area contributed by atoms with Gasteiger partial charge in [-0.15, -0.1) is 23.1 Å². The highest BCUT2D eigenvalue weighted by atomic mass is 32.2. The molecule has 1 heterocycles. The van der Waals surface area contributed by atoms with Crippen molar-refractivity contribution < 1.29 is 9.53 Å². The molecule has 1 atom stereocenters. The summed E-state index contributed by atoms with van der Waals surface area (Å²) in [6.45, 7) is 1.60. The largest absolute Gasteiger partial charge is 0.380 e. The normalized spacial score (nSPS) is 11.1. The van der Waals surface area contributed by atoms with Crippen molar-refractivity contribution >= 4 is 28.9 Å². The van der Waals surface area contributed by atoms with Crippen LogP contribution in [0.2, 0.25) is 0 Å². The van der Waals surface area contributed by atoms with Crippen molar-refractivity contribution in [3.8, 4) is 0 Å². The van der Waals surface area contributed by atoms with Crippen LogP contribution in [0.3, 0.4) is 0 Å². The first-order valence-electron chi connectivity index (χ1n) is 4.41. The molecule has 1 aromatic heterocycles. The van der Waals surface area contributed by atoms with E-state index < -0.39 is 0 Å². The van der Waals surface area contributed by atoms with Crippen molar-refractivity contribution in [1.29, 1.82) is 0 Å². The smallest absolute Gasteiger partial charge is 0.132 e. The second-order valence-electron chi connectivity index (χ2n) is 3.01. The van der Waals surface area contributed by atoms with Crippen molar-refractivity contribution in [1.82, 2.24) is 0 Å². The Labute approximate surface area is 107 Å². The minimum atomic E-state index is 0. The number of thiophene rings is 1. The fourth-order valence-corrected chi connectivity index (χ4v) is 2.92. The quantitative estimate of drug-likeness (QED) is 0.722. The van der Waals surface area contributed by atoms with Crippen molar-refractivity contribution in [2.45, 2.75) is 38.5 Å². The molecule has 94 valence electrons. The molecule has 4 heteroatoms. The Morgan fingerprint density at radius 3 is 2.69 bits per heavy atom. The van der Waals surface area contributed by atoms with Gasteiger partial charge in [0.1, 0.15) is 5.78 Å². The lowest BCUT2D eigenvalue weighted by Crippen LogP contribution is -2.17. The van der Waals surface area contributed by atoms with Crippen molar-refractivity contribution in [3.05, 3.63) is 17.5 Å². The highest BCUT2D eigenvalue weighted by Gasteiger charge is 2.10. The van der Waals surface area contributed by atoms with E-state index in [1.54, 1.807) is 37.1 Å². The van der Waals surface area contributed by atoms with Crippen LogP contribution in [0, 0.1) is 0 Å². The lowest BCUT2D eigenvalue weighted by Gasteiger charge is -2.11. The van der Waals surface area contributed by atoms with Gasteiger partial charge in [-0.3, -0.25) is 4.79 Å². The first-order chi connectivity index (χ1) is 6.72. The monoisotopic (exact) mass is 262 g/mol.